The molecule has 4 atom stereocenters. The van der Waals surface area contributed by atoms with Crippen LogP contribution in [0.1, 0.15) is 24.2 Å². The third-order valence-corrected chi connectivity index (χ3v) is 5.89. The summed E-state index contributed by atoms with van der Waals surface area (Å²) in [4.78, 5) is 15.8. The number of alkyl halides is 1. The number of nitrogens with zero attached hydrogens (tertiary/aromatic N) is 4. The van der Waals surface area contributed by atoms with Gasteiger partial charge in [0.15, 0.2) is 0 Å². The first-order valence-corrected chi connectivity index (χ1v) is 9.45. The van der Waals surface area contributed by atoms with E-state index in [0.717, 1.165) is 41.4 Å². The third-order valence-electron chi connectivity index (χ3n) is 5.36. The Labute approximate surface area is 153 Å². The van der Waals surface area contributed by atoms with Crippen LogP contribution in [0.3, 0.4) is 0 Å². The lowest BCUT2D eigenvalue weighted by atomic mass is 10.1. The number of carboxylic acids is 1. The number of aromatic nitrogens is 4. The molecule has 7 nitrogen and oxygen atoms in total. The van der Waals surface area contributed by atoms with Gasteiger partial charge in [-0.25, -0.2) is 4.98 Å². The molecule has 132 valence electrons. The summed E-state index contributed by atoms with van der Waals surface area (Å²) in [6, 6.07) is 3.78. The van der Waals surface area contributed by atoms with Crippen molar-refractivity contribution in [3.8, 4) is 17.1 Å². The Bertz CT molecular complexity index is 837. The number of halogens is 1. The molecule has 0 bridgehead atoms. The molecular formula is C17H19BrN4O3. The second-order valence-electron chi connectivity index (χ2n) is 6.76. The number of hydrogen-bond donors (Lipinski definition) is 1. The van der Waals surface area contributed by atoms with Crippen molar-refractivity contribution in [2.75, 3.05) is 0 Å². The number of ether oxygens (including phenoxy) is 1. The van der Waals surface area contributed by atoms with E-state index in [4.69, 9.17) is 4.74 Å². The first-order valence-electron chi connectivity index (χ1n) is 8.33. The lowest BCUT2D eigenvalue weighted by Gasteiger charge is -2.18. The van der Waals surface area contributed by atoms with Gasteiger partial charge >= 0.3 is 5.97 Å². The molecule has 0 aliphatic heterocycles. The maximum atomic E-state index is 11.2. The standard InChI is InChI=1S/C17H19BrN4O3/c1-8-12(25-13-5-3-9-14(13)15(9)17(23)24)6-4-10(19-8)16-11(7-18)22(2)21-20-16/h4,6,9,13-15H,3,5,7H2,1-2H3,(H,23,24). The molecule has 2 aliphatic carbocycles. The molecule has 0 amide bonds. The quantitative estimate of drug-likeness (QED) is 0.767. The minimum Gasteiger partial charge on any atom is -0.488 e. The van der Waals surface area contributed by atoms with Crippen molar-refractivity contribution in [1.82, 2.24) is 20.0 Å². The van der Waals surface area contributed by atoms with Gasteiger partial charge in [0.05, 0.1) is 23.0 Å². The zero-order chi connectivity index (χ0) is 17.7. The van der Waals surface area contributed by atoms with Gasteiger partial charge in [-0.15, -0.1) is 5.10 Å². The molecule has 2 fully saturated rings. The van der Waals surface area contributed by atoms with Crippen molar-refractivity contribution in [2.24, 2.45) is 24.8 Å². The molecule has 4 rings (SSSR count). The van der Waals surface area contributed by atoms with Crippen LogP contribution in [0.5, 0.6) is 5.75 Å². The van der Waals surface area contributed by atoms with Gasteiger partial charge in [0, 0.05) is 18.3 Å². The van der Waals surface area contributed by atoms with E-state index in [-0.39, 0.29) is 23.9 Å². The highest BCUT2D eigenvalue weighted by atomic mass is 79.9. The van der Waals surface area contributed by atoms with Crippen molar-refractivity contribution >= 4 is 21.9 Å². The van der Waals surface area contributed by atoms with E-state index < -0.39 is 5.97 Å². The van der Waals surface area contributed by atoms with E-state index in [1.54, 1.807) is 4.68 Å². The van der Waals surface area contributed by atoms with Crippen molar-refractivity contribution in [2.45, 2.75) is 31.2 Å². The predicted molar refractivity (Wildman–Crippen MR) is 93.4 cm³/mol. The molecule has 0 spiro atoms. The molecule has 0 saturated heterocycles. The molecule has 2 aromatic heterocycles. The molecule has 1 N–H and O–H groups in total. The largest absolute Gasteiger partial charge is 0.488 e. The van der Waals surface area contributed by atoms with Gasteiger partial charge < -0.3 is 9.84 Å². The van der Waals surface area contributed by atoms with Crippen molar-refractivity contribution in [3.63, 3.8) is 0 Å². The fourth-order valence-corrected chi connectivity index (χ4v) is 4.64. The number of aryl methyl sites for hydroxylation is 2. The van der Waals surface area contributed by atoms with Gasteiger partial charge in [0.2, 0.25) is 0 Å². The van der Waals surface area contributed by atoms with E-state index in [1.807, 2.05) is 26.1 Å². The molecule has 4 unspecified atom stereocenters. The maximum Gasteiger partial charge on any atom is 0.307 e. The fourth-order valence-electron chi connectivity index (χ4n) is 4.01. The van der Waals surface area contributed by atoms with Gasteiger partial charge in [-0.05, 0) is 37.8 Å². The molecular weight excluding hydrogens is 388 g/mol. The Morgan fingerprint density at radius 3 is 2.88 bits per heavy atom. The van der Waals surface area contributed by atoms with Crippen LogP contribution in [0.4, 0.5) is 0 Å². The molecule has 8 heteroatoms. The van der Waals surface area contributed by atoms with Crippen molar-refractivity contribution < 1.29 is 14.6 Å². The van der Waals surface area contributed by atoms with Gasteiger partial charge in [0.25, 0.3) is 0 Å². The van der Waals surface area contributed by atoms with Gasteiger partial charge in [-0.3, -0.25) is 9.48 Å². The van der Waals surface area contributed by atoms with Crippen molar-refractivity contribution in [1.29, 1.82) is 0 Å². The summed E-state index contributed by atoms with van der Waals surface area (Å²) >= 11 is 3.45. The summed E-state index contributed by atoms with van der Waals surface area (Å²) in [6.45, 7) is 1.90. The van der Waals surface area contributed by atoms with E-state index >= 15 is 0 Å². The highest BCUT2D eigenvalue weighted by molar-refractivity contribution is 9.08. The topological polar surface area (TPSA) is 90.1 Å². The van der Waals surface area contributed by atoms with E-state index in [9.17, 15) is 9.90 Å². The van der Waals surface area contributed by atoms with Crippen LogP contribution in [-0.2, 0) is 17.2 Å². The second-order valence-corrected chi connectivity index (χ2v) is 7.32. The molecule has 2 heterocycles. The monoisotopic (exact) mass is 406 g/mol. The Morgan fingerprint density at radius 1 is 1.44 bits per heavy atom. The number of fused-ring (bicyclic) bond motifs is 1. The fraction of sp³-hybridized carbons (Fsp3) is 0.529. The van der Waals surface area contributed by atoms with Crippen molar-refractivity contribution in [3.05, 3.63) is 23.5 Å². The highest BCUT2D eigenvalue weighted by Gasteiger charge is 2.63. The zero-order valence-corrected chi connectivity index (χ0v) is 15.6. The van der Waals surface area contributed by atoms with Gasteiger partial charge in [-0.2, -0.15) is 0 Å². The van der Waals surface area contributed by atoms with Crippen LogP contribution >= 0.6 is 15.9 Å². The summed E-state index contributed by atoms with van der Waals surface area (Å²) < 4.78 is 7.84. The second kappa shape index (κ2) is 6.09. The summed E-state index contributed by atoms with van der Waals surface area (Å²) in [5.74, 6) is 0.230. The van der Waals surface area contributed by atoms with Crippen LogP contribution in [0, 0.1) is 24.7 Å². The first kappa shape index (κ1) is 16.5. The minimum atomic E-state index is -0.696. The Balaban J connectivity index is 1.54. The number of carboxylic acid groups (broad SMARTS) is 1. The SMILES string of the molecule is Cc1nc(-c2nnn(C)c2CBr)ccc1OC1CCC2C(C(=O)O)C12. The molecule has 0 radical (unpaired) electrons. The average Bonchev–Trinajstić information content (AvgIpc) is 2.99. The molecule has 2 saturated carbocycles. The normalized spacial score (nSPS) is 27.2. The molecule has 2 aliphatic rings. The Morgan fingerprint density at radius 2 is 2.24 bits per heavy atom. The maximum absolute atomic E-state index is 11.2. The third kappa shape index (κ3) is 2.72. The minimum absolute atomic E-state index is 0.0212. The molecule has 0 aromatic carbocycles. The van der Waals surface area contributed by atoms with Gasteiger partial charge in [0.1, 0.15) is 17.5 Å². The molecule has 2 aromatic rings. The van der Waals surface area contributed by atoms with Crippen LogP contribution in [0.15, 0.2) is 12.1 Å². The number of hydrogen-bond acceptors (Lipinski definition) is 5. The number of rotatable bonds is 5. The lowest BCUT2D eigenvalue weighted by Crippen LogP contribution is -2.20. The van der Waals surface area contributed by atoms with E-state index in [0.29, 0.717) is 5.33 Å². The summed E-state index contributed by atoms with van der Waals surface area (Å²) in [5, 5.41) is 18.1. The average molecular weight is 407 g/mol. The van der Waals surface area contributed by atoms with E-state index in [2.05, 4.69) is 31.2 Å². The van der Waals surface area contributed by atoms with Crippen LogP contribution < -0.4 is 4.74 Å². The summed E-state index contributed by atoms with van der Waals surface area (Å²) in [5.41, 5.74) is 3.25. The molecule has 25 heavy (non-hydrogen) atoms. The number of pyridine rings is 1. The van der Waals surface area contributed by atoms with E-state index in [1.165, 1.54) is 0 Å². The Hall–Kier alpha value is -1.96. The number of carbonyl (C=O) groups is 1. The summed E-state index contributed by atoms with van der Waals surface area (Å²) in [7, 11) is 1.85. The van der Waals surface area contributed by atoms with Gasteiger partial charge in [-0.1, -0.05) is 21.1 Å². The lowest BCUT2D eigenvalue weighted by molar-refractivity contribution is -0.139. The smallest absolute Gasteiger partial charge is 0.307 e. The Kier molecular flexibility index (Phi) is 4.02. The number of aliphatic carboxylic acids is 1. The summed E-state index contributed by atoms with van der Waals surface area (Å²) in [6.07, 6.45) is 1.83. The van der Waals surface area contributed by atoms with Crippen LogP contribution in [0.2, 0.25) is 0 Å². The predicted octanol–water partition coefficient (Wildman–Crippen LogP) is 2.57. The first-order chi connectivity index (χ1) is 12.0. The highest BCUT2D eigenvalue weighted by Crippen LogP contribution is 2.58. The van der Waals surface area contributed by atoms with Crippen LogP contribution in [-0.4, -0.2) is 37.2 Å². The van der Waals surface area contributed by atoms with Crippen LogP contribution in [0.25, 0.3) is 11.4 Å². The zero-order valence-electron chi connectivity index (χ0n) is 14.0.